The maximum Gasteiger partial charge on any atom is 0.512 e. The average molecular weight is 520 g/mol. The second kappa shape index (κ2) is 13.5. The second-order valence-corrected chi connectivity index (χ2v) is 10.8. The van der Waals surface area contributed by atoms with Crippen molar-refractivity contribution in [1.82, 2.24) is 13.9 Å². The van der Waals surface area contributed by atoms with Gasteiger partial charge in [-0.1, -0.05) is 56.5 Å². The standard InChI is InChI=1S/C15H30N2.C2HF6NO4S2/c1-3-5-7-9-11-16-13-14-17(15-16)12-10-8-6-4-2;3-1(4,5)14(10,11)9-15(12,13)2(6,7)8/h13-14H,3-12,15H2,1-2H3;9H. The summed E-state index contributed by atoms with van der Waals surface area (Å²) in [7, 11) is -13.2. The third kappa shape index (κ3) is 11.6. The molecular weight excluding hydrogens is 488 g/mol. The van der Waals surface area contributed by atoms with Gasteiger partial charge < -0.3 is 9.80 Å². The van der Waals surface area contributed by atoms with Crippen LogP contribution in [0.5, 0.6) is 0 Å². The van der Waals surface area contributed by atoms with Crippen LogP contribution in [0.4, 0.5) is 26.3 Å². The van der Waals surface area contributed by atoms with E-state index >= 15 is 0 Å². The first-order chi connectivity index (χ1) is 14.6. The Morgan fingerprint density at radius 1 is 0.688 bits per heavy atom. The summed E-state index contributed by atoms with van der Waals surface area (Å²) in [6.07, 6.45) is 15.4. The van der Waals surface area contributed by atoms with Crippen LogP contribution in [0.15, 0.2) is 12.4 Å². The average Bonchev–Trinajstić information content (AvgIpc) is 3.08. The third-order valence-corrected chi connectivity index (χ3v) is 7.25. The molecule has 0 fully saturated rings. The Bertz CT molecular complexity index is 706. The number of halogens is 6. The molecule has 0 spiro atoms. The number of alkyl halides is 6. The van der Waals surface area contributed by atoms with Crippen LogP contribution in [0.3, 0.4) is 0 Å². The molecule has 0 unspecified atom stereocenters. The highest BCUT2D eigenvalue weighted by Crippen LogP contribution is 2.27. The fourth-order valence-electron chi connectivity index (χ4n) is 2.53. The number of rotatable bonds is 12. The molecule has 1 N–H and O–H groups in total. The third-order valence-electron chi connectivity index (χ3n) is 4.28. The smallest absolute Gasteiger partial charge is 0.359 e. The summed E-state index contributed by atoms with van der Waals surface area (Å²) >= 11 is 0. The summed E-state index contributed by atoms with van der Waals surface area (Å²) in [5, 5.41) is 0. The van der Waals surface area contributed by atoms with E-state index < -0.39 is 35.2 Å². The molecule has 0 saturated carbocycles. The van der Waals surface area contributed by atoms with Crippen molar-refractivity contribution in [2.75, 3.05) is 19.8 Å². The van der Waals surface area contributed by atoms with E-state index in [1.165, 1.54) is 64.5 Å². The SMILES string of the molecule is CCCCCCN1C=CN(CCCCCC)C1.O=S(=O)(NS(=O)(=O)C(F)(F)F)C(F)(F)F. The zero-order valence-electron chi connectivity index (χ0n) is 18.0. The van der Waals surface area contributed by atoms with E-state index in [-0.39, 0.29) is 0 Å². The molecule has 0 bridgehead atoms. The quantitative estimate of drug-likeness (QED) is 0.303. The minimum absolute atomic E-state index is 0.493. The Morgan fingerprint density at radius 3 is 1.31 bits per heavy atom. The molecule has 0 saturated heterocycles. The lowest BCUT2D eigenvalue weighted by Crippen LogP contribution is -2.45. The predicted molar refractivity (Wildman–Crippen MR) is 109 cm³/mol. The molecule has 15 heteroatoms. The van der Waals surface area contributed by atoms with E-state index in [0.29, 0.717) is 0 Å². The molecule has 1 aliphatic rings. The van der Waals surface area contributed by atoms with Crippen LogP contribution in [-0.4, -0.2) is 57.4 Å². The molecule has 0 radical (unpaired) electrons. The molecule has 1 aliphatic heterocycles. The van der Waals surface area contributed by atoms with Gasteiger partial charge in [0, 0.05) is 25.5 Å². The van der Waals surface area contributed by atoms with Crippen molar-refractivity contribution in [1.29, 1.82) is 0 Å². The van der Waals surface area contributed by atoms with Gasteiger partial charge in [-0.25, -0.2) is 16.8 Å². The van der Waals surface area contributed by atoms with Crippen LogP contribution in [0.25, 0.3) is 0 Å². The molecule has 0 aliphatic carbocycles. The van der Waals surface area contributed by atoms with Gasteiger partial charge >= 0.3 is 31.1 Å². The summed E-state index contributed by atoms with van der Waals surface area (Å²) in [5.74, 6) is 0. The van der Waals surface area contributed by atoms with E-state index in [4.69, 9.17) is 0 Å². The van der Waals surface area contributed by atoms with Gasteiger partial charge in [0.2, 0.25) is 0 Å². The van der Waals surface area contributed by atoms with Crippen molar-refractivity contribution < 1.29 is 43.2 Å². The highest BCUT2D eigenvalue weighted by molar-refractivity contribution is 8.05. The van der Waals surface area contributed by atoms with E-state index in [0.717, 1.165) is 6.67 Å². The van der Waals surface area contributed by atoms with Crippen molar-refractivity contribution in [2.45, 2.75) is 76.2 Å². The first kappa shape index (κ1) is 30.8. The lowest BCUT2D eigenvalue weighted by molar-refractivity contribution is -0.0476. The number of nitrogens with one attached hydrogen (secondary N) is 1. The van der Waals surface area contributed by atoms with Gasteiger partial charge in [0.15, 0.2) is 0 Å². The van der Waals surface area contributed by atoms with Crippen molar-refractivity contribution in [3.8, 4) is 0 Å². The van der Waals surface area contributed by atoms with Gasteiger partial charge in [-0.3, -0.25) is 0 Å². The fraction of sp³-hybridized carbons (Fsp3) is 0.882. The molecule has 0 aromatic heterocycles. The number of sulfonamides is 2. The number of hydrogen-bond acceptors (Lipinski definition) is 6. The van der Waals surface area contributed by atoms with Crippen LogP contribution in [0.2, 0.25) is 0 Å². The number of hydrogen-bond donors (Lipinski definition) is 1. The first-order valence-electron chi connectivity index (χ1n) is 10.1. The maximum atomic E-state index is 11.5. The van der Waals surface area contributed by atoms with E-state index in [2.05, 4.69) is 36.0 Å². The van der Waals surface area contributed by atoms with Crippen LogP contribution in [-0.2, 0) is 20.0 Å². The molecule has 0 amide bonds. The molecule has 192 valence electrons. The Labute approximate surface area is 185 Å². The highest BCUT2D eigenvalue weighted by atomic mass is 32.3. The highest BCUT2D eigenvalue weighted by Gasteiger charge is 2.55. The summed E-state index contributed by atoms with van der Waals surface area (Å²) < 4.78 is 108. The monoisotopic (exact) mass is 519 g/mol. The summed E-state index contributed by atoms with van der Waals surface area (Å²) in [6.45, 7) is 8.14. The molecule has 0 atom stereocenters. The number of unbranched alkanes of at least 4 members (excludes halogenated alkanes) is 6. The molecule has 7 nitrogen and oxygen atoms in total. The van der Waals surface area contributed by atoms with Crippen LogP contribution >= 0.6 is 0 Å². The molecule has 32 heavy (non-hydrogen) atoms. The van der Waals surface area contributed by atoms with E-state index in [1.54, 1.807) is 0 Å². The van der Waals surface area contributed by atoms with Crippen LogP contribution in [0, 0.1) is 0 Å². The first-order valence-corrected chi connectivity index (χ1v) is 13.1. The van der Waals surface area contributed by atoms with Crippen molar-refractivity contribution >= 4 is 20.0 Å². The van der Waals surface area contributed by atoms with Crippen molar-refractivity contribution in [2.24, 2.45) is 0 Å². The second-order valence-electron chi connectivity index (χ2n) is 7.17. The summed E-state index contributed by atoms with van der Waals surface area (Å²) in [4.78, 5) is 4.91. The Morgan fingerprint density at radius 2 is 1.03 bits per heavy atom. The van der Waals surface area contributed by atoms with Gasteiger partial charge in [-0.05, 0) is 12.8 Å². The van der Waals surface area contributed by atoms with Gasteiger partial charge in [-0.2, -0.15) is 26.3 Å². The van der Waals surface area contributed by atoms with Crippen LogP contribution in [0.1, 0.15) is 65.2 Å². The summed E-state index contributed by atoms with van der Waals surface area (Å²) in [5.41, 5.74) is -12.3. The topological polar surface area (TPSA) is 86.8 Å². The van der Waals surface area contributed by atoms with Crippen LogP contribution < -0.4 is 4.13 Å². The normalized spacial score (nSPS) is 15.1. The Kier molecular flexibility index (Phi) is 13.0. The molecular formula is C17H31F6N3O4S2. The molecule has 1 rings (SSSR count). The van der Waals surface area contributed by atoms with Gasteiger partial charge in [0.1, 0.15) is 0 Å². The zero-order valence-corrected chi connectivity index (χ0v) is 19.7. The van der Waals surface area contributed by atoms with E-state index in [1.807, 2.05) is 0 Å². The van der Waals surface area contributed by atoms with Gasteiger partial charge in [0.05, 0.1) is 6.67 Å². The Balaban J connectivity index is 0.000000607. The number of nitrogens with zero attached hydrogens (tertiary/aromatic N) is 2. The summed E-state index contributed by atoms with van der Waals surface area (Å²) in [6, 6.07) is 0. The lowest BCUT2D eigenvalue weighted by Gasteiger charge is -2.21. The maximum absolute atomic E-state index is 11.5. The Hall–Kier alpha value is -1.22. The predicted octanol–water partition coefficient (Wildman–Crippen LogP) is 4.47. The molecule has 0 aromatic carbocycles. The van der Waals surface area contributed by atoms with Gasteiger partial charge in [-0.15, -0.1) is 0 Å². The molecule has 1 heterocycles. The lowest BCUT2D eigenvalue weighted by atomic mass is 10.2. The fourth-order valence-corrected chi connectivity index (χ4v) is 4.44. The minimum atomic E-state index is -6.60. The van der Waals surface area contributed by atoms with Crippen molar-refractivity contribution in [3.63, 3.8) is 0 Å². The minimum Gasteiger partial charge on any atom is -0.359 e. The van der Waals surface area contributed by atoms with Crippen molar-refractivity contribution in [3.05, 3.63) is 12.4 Å². The zero-order chi connectivity index (χ0) is 25.1. The van der Waals surface area contributed by atoms with Gasteiger partial charge in [0.25, 0.3) is 0 Å². The molecule has 0 aromatic rings. The van der Waals surface area contributed by atoms with E-state index in [9.17, 15) is 43.2 Å². The largest absolute Gasteiger partial charge is 0.512 e.